The molecule has 108 valence electrons. The third-order valence-corrected chi connectivity index (χ3v) is 27.5. The van der Waals surface area contributed by atoms with Crippen molar-refractivity contribution in [3.05, 3.63) is 0 Å². The first-order valence-corrected chi connectivity index (χ1v) is 15.6. The Hall–Kier alpha value is 0.332. The Balaban J connectivity index is 6.57. The van der Waals surface area contributed by atoms with Crippen LogP contribution in [0.3, 0.4) is 0 Å². The first-order chi connectivity index (χ1) is 7.49. The summed E-state index contributed by atoms with van der Waals surface area (Å²) in [6.07, 6.45) is 2.09. The lowest BCUT2D eigenvalue weighted by Crippen LogP contribution is -2.52. The topological polar surface area (TPSA) is 137 Å². The zero-order valence-electron chi connectivity index (χ0n) is 10.1. The second kappa shape index (κ2) is 5.03. The van der Waals surface area contributed by atoms with Crippen LogP contribution >= 0.6 is 0 Å². The molecular formula is C5H13AlO8S4. The summed E-state index contributed by atoms with van der Waals surface area (Å²) in [5.41, 5.74) is 0. The molecule has 0 saturated heterocycles. The maximum atomic E-state index is 11.5. The number of rotatable bonds is 5. The van der Waals surface area contributed by atoms with Gasteiger partial charge in [-0.3, -0.25) is 16.8 Å². The predicted molar refractivity (Wildman–Crippen MR) is 68.9 cm³/mol. The molecule has 0 amide bonds. The van der Waals surface area contributed by atoms with Crippen LogP contribution < -0.4 is 0 Å². The van der Waals surface area contributed by atoms with Gasteiger partial charge in [-0.2, -0.15) is 0 Å². The van der Waals surface area contributed by atoms with E-state index in [4.69, 9.17) is 0 Å². The third-order valence-electron chi connectivity index (χ3n) is 1.91. The Bertz CT molecular complexity index is 595. The van der Waals surface area contributed by atoms with Crippen molar-refractivity contribution in [1.29, 1.82) is 0 Å². The largest absolute Gasteiger partial charge is 0.661 e. The highest BCUT2D eigenvalue weighted by Gasteiger charge is 2.60. The van der Waals surface area contributed by atoms with Crippen LogP contribution in [0.15, 0.2) is 0 Å². The molecule has 8 nitrogen and oxygen atoms in total. The normalized spacial score (nSPS) is 14.7. The van der Waals surface area contributed by atoms with Crippen LogP contribution in [-0.4, -0.2) is 74.0 Å². The summed E-state index contributed by atoms with van der Waals surface area (Å²) < 4.78 is 89.2. The molecule has 0 aromatic rings. The molecule has 13 heteroatoms. The minimum absolute atomic E-state index is 0.509. The Morgan fingerprint density at radius 3 is 0.889 bits per heavy atom. The maximum Gasteiger partial charge on any atom is 0.661 e. The van der Waals surface area contributed by atoms with Crippen LogP contribution in [0.25, 0.3) is 0 Å². The Morgan fingerprint density at radius 2 is 0.833 bits per heavy atom. The van der Waals surface area contributed by atoms with E-state index in [9.17, 15) is 33.7 Å². The molecule has 0 aliphatic carbocycles. The van der Waals surface area contributed by atoms with Gasteiger partial charge in [0.25, 0.3) is 0 Å². The summed E-state index contributed by atoms with van der Waals surface area (Å²) >= 11 is -4.21. The highest BCUT2D eigenvalue weighted by Crippen LogP contribution is 2.19. The van der Waals surface area contributed by atoms with E-state index in [0.29, 0.717) is 25.0 Å². The van der Waals surface area contributed by atoms with Gasteiger partial charge in [0, 0.05) is 25.0 Å². The van der Waals surface area contributed by atoms with E-state index in [1.165, 1.54) is 0 Å². The van der Waals surface area contributed by atoms with Crippen molar-refractivity contribution in [2.24, 2.45) is 0 Å². The van der Waals surface area contributed by atoms with Crippen molar-refractivity contribution in [1.82, 2.24) is 0 Å². The van der Waals surface area contributed by atoms with Gasteiger partial charge in [-0.05, 0) is 0 Å². The van der Waals surface area contributed by atoms with Crippen molar-refractivity contribution in [3.63, 3.8) is 0 Å². The molecular weight excluding hydrogens is 343 g/mol. The van der Waals surface area contributed by atoms with Gasteiger partial charge in [0.05, 0.1) is 16.4 Å². The zero-order chi connectivity index (χ0) is 15.2. The van der Waals surface area contributed by atoms with Gasteiger partial charge >= 0.3 is 11.9 Å². The lowest BCUT2D eigenvalue weighted by molar-refractivity contribution is 0.587. The van der Waals surface area contributed by atoms with E-state index >= 15 is 0 Å². The third kappa shape index (κ3) is 4.78. The van der Waals surface area contributed by atoms with Crippen LogP contribution in [0.2, 0.25) is 0 Å². The van der Waals surface area contributed by atoms with Gasteiger partial charge in [-0.15, -0.1) is 0 Å². The van der Waals surface area contributed by atoms with Crippen LogP contribution in [0.4, 0.5) is 0 Å². The molecule has 0 rings (SSSR count). The van der Waals surface area contributed by atoms with Gasteiger partial charge in [0.15, 0.2) is 23.1 Å². The van der Waals surface area contributed by atoms with E-state index < -0.39 is 51.4 Å². The highest BCUT2D eigenvalue weighted by atomic mass is 32.5. The molecule has 0 spiro atoms. The molecule has 0 aliphatic heterocycles. The molecule has 0 atom stereocenters. The summed E-state index contributed by atoms with van der Waals surface area (Å²) in [5.74, 6) is 0. The Morgan fingerprint density at radius 1 is 0.611 bits per heavy atom. The average molecular weight is 356 g/mol. The number of hydrogen-bond donors (Lipinski definition) is 0. The van der Waals surface area contributed by atoms with E-state index in [2.05, 4.69) is 0 Å². The van der Waals surface area contributed by atoms with E-state index in [1.54, 1.807) is 0 Å². The molecule has 0 aromatic heterocycles. The minimum atomic E-state index is -4.37. The van der Waals surface area contributed by atoms with E-state index in [1.807, 2.05) is 0 Å². The van der Waals surface area contributed by atoms with Crippen LogP contribution in [0.5, 0.6) is 0 Å². The second-order valence-corrected chi connectivity index (χ2v) is 23.5. The second-order valence-electron chi connectivity index (χ2n) is 4.05. The molecule has 0 N–H and O–H groups in total. The van der Waals surface area contributed by atoms with E-state index in [0.717, 1.165) is 0 Å². The van der Waals surface area contributed by atoms with Crippen molar-refractivity contribution < 1.29 is 33.7 Å². The number of hydrogen-bond acceptors (Lipinski definition) is 8. The van der Waals surface area contributed by atoms with Gasteiger partial charge < -0.3 is 0 Å². The van der Waals surface area contributed by atoms with Gasteiger partial charge in [-0.1, -0.05) is 0 Å². The standard InChI is InChI=1S/C3H7O4S2.2CH3O2S.Al/c1-8(4,5)3-9(2,6)7;2*1-4(2)3;/h3H,1-2H3;2*1H3;. The van der Waals surface area contributed by atoms with Gasteiger partial charge in [0.1, 0.15) is 0 Å². The first kappa shape index (κ1) is 18.3. The lowest BCUT2D eigenvalue weighted by Gasteiger charge is -2.16. The first-order valence-electron chi connectivity index (χ1n) is 4.24. The van der Waals surface area contributed by atoms with Crippen molar-refractivity contribution in [2.45, 2.75) is 3.44 Å². The summed E-state index contributed by atoms with van der Waals surface area (Å²) in [4.78, 5) is 0. The fourth-order valence-electron chi connectivity index (χ4n) is 1.44. The molecule has 0 fully saturated rings. The molecule has 18 heavy (non-hydrogen) atoms. The van der Waals surface area contributed by atoms with Crippen LogP contribution in [-0.2, 0) is 36.1 Å². The van der Waals surface area contributed by atoms with Gasteiger partial charge in [-0.25, -0.2) is 16.8 Å². The highest BCUT2D eigenvalue weighted by molar-refractivity contribution is 8.49. The summed E-state index contributed by atoms with van der Waals surface area (Å²) in [7, 11) is -17.3. The summed E-state index contributed by atoms with van der Waals surface area (Å²) in [6.45, 7) is 0. The van der Waals surface area contributed by atoms with Gasteiger partial charge in [0.2, 0.25) is 0 Å². The SMILES string of the molecule is CS(=O)(=O)[CH]([Al]([S](C)(=O)=O)[S](C)(=O)=O)S(C)(=O)=O. The molecule has 0 radical (unpaired) electrons. The fraction of sp³-hybridized carbons (Fsp3) is 1.00. The minimum Gasteiger partial charge on any atom is -0.251 e. The maximum absolute atomic E-state index is 11.5. The van der Waals surface area contributed by atoms with Crippen molar-refractivity contribution in [3.8, 4) is 0 Å². The monoisotopic (exact) mass is 356 g/mol. The predicted octanol–water partition coefficient (Wildman–Crippen LogP) is -2.48. The van der Waals surface area contributed by atoms with Crippen molar-refractivity contribution >= 4 is 48.0 Å². The summed E-state index contributed by atoms with van der Waals surface area (Å²) in [6, 6.07) is 0. The molecule has 0 saturated carbocycles. The van der Waals surface area contributed by atoms with E-state index in [-0.39, 0.29) is 0 Å². The zero-order valence-corrected chi connectivity index (χ0v) is 14.5. The van der Waals surface area contributed by atoms with Crippen molar-refractivity contribution in [2.75, 3.05) is 25.0 Å². The summed E-state index contributed by atoms with van der Waals surface area (Å²) in [5, 5.41) is 0. The Labute approximate surface area is 110 Å². The fourth-order valence-corrected chi connectivity index (χ4v) is 33.2. The molecule has 0 aromatic carbocycles. The Kier molecular flexibility index (Phi) is 5.12. The quantitative estimate of drug-likeness (QED) is 0.494. The van der Waals surface area contributed by atoms with Crippen LogP contribution in [0, 0.1) is 0 Å². The number of sulfone groups is 2. The molecule has 0 bridgehead atoms. The lowest BCUT2D eigenvalue weighted by atomic mass is 11.8. The molecule has 0 unspecified atom stereocenters. The average Bonchev–Trinajstić information content (AvgIpc) is 1.89. The molecule has 0 heterocycles. The smallest absolute Gasteiger partial charge is 0.251 e. The molecule has 0 aliphatic rings. The van der Waals surface area contributed by atoms with Crippen LogP contribution in [0.1, 0.15) is 0 Å².